The van der Waals surface area contributed by atoms with Crippen molar-refractivity contribution in [1.82, 2.24) is 4.98 Å². The molecule has 1 aliphatic rings. The van der Waals surface area contributed by atoms with Gasteiger partial charge in [0.15, 0.2) is 5.55 Å². The van der Waals surface area contributed by atoms with E-state index in [1.807, 2.05) is 26.8 Å². The highest BCUT2D eigenvalue weighted by Crippen LogP contribution is 2.44. The Hall–Kier alpha value is -2.79. The van der Waals surface area contributed by atoms with Gasteiger partial charge >= 0.3 is 5.63 Å². The number of pyridine rings is 1. The molecule has 0 bridgehead atoms. The summed E-state index contributed by atoms with van der Waals surface area (Å²) in [5.41, 5.74) is 6.86. The molecule has 0 atom stereocenters. The third-order valence-electron chi connectivity index (χ3n) is 5.25. The maximum atomic E-state index is 13.1. The van der Waals surface area contributed by atoms with E-state index < -0.39 is 5.63 Å². The van der Waals surface area contributed by atoms with E-state index in [9.17, 15) is 4.79 Å². The van der Waals surface area contributed by atoms with Crippen LogP contribution in [0.25, 0.3) is 22.5 Å². The zero-order chi connectivity index (χ0) is 19.8. The molecule has 1 saturated carbocycles. The van der Waals surface area contributed by atoms with Crippen LogP contribution in [0.3, 0.4) is 0 Å². The first-order valence-electron chi connectivity index (χ1n) is 9.31. The Bertz CT molecular complexity index is 1090. The number of hydrogen-bond donors (Lipinski definition) is 0. The molecule has 5 heteroatoms. The fourth-order valence-corrected chi connectivity index (χ4v) is 3.93. The molecule has 2 aromatic heterocycles. The van der Waals surface area contributed by atoms with Gasteiger partial charge in [0.25, 0.3) is 0 Å². The van der Waals surface area contributed by atoms with Crippen molar-refractivity contribution >= 4 is 17.8 Å². The third-order valence-corrected chi connectivity index (χ3v) is 5.35. The van der Waals surface area contributed by atoms with Crippen LogP contribution in [0.5, 0.6) is 5.75 Å². The SMILES string of the molecule is Cc1cc(C2CC2)cc(C)c1-c1c(OC=S)c(C)c(-c2cccnc2)oc1=O. The minimum absolute atomic E-state index is 0.420. The smallest absolute Gasteiger partial charge is 0.348 e. The molecule has 4 nitrogen and oxygen atoms in total. The molecule has 0 aliphatic heterocycles. The highest BCUT2D eigenvalue weighted by atomic mass is 32.1. The lowest BCUT2D eigenvalue weighted by molar-refractivity contribution is 0.502. The molecular formula is C23H21NO3S. The zero-order valence-electron chi connectivity index (χ0n) is 16.1. The van der Waals surface area contributed by atoms with Gasteiger partial charge in [-0.05, 0) is 86.1 Å². The van der Waals surface area contributed by atoms with Gasteiger partial charge in [0, 0.05) is 23.5 Å². The molecule has 1 fully saturated rings. The van der Waals surface area contributed by atoms with Crippen LogP contribution in [-0.2, 0) is 0 Å². The summed E-state index contributed by atoms with van der Waals surface area (Å²) in [6.45, 7) is 5.92. The van der Waals surface area contributed by atoms with E-state index in [2.05, 4.69) is 17.1 Å². The number of ether oxygens (including phenoxy) is 1. The molecule has 0 unspecified atom stereocenters. The molecule has 4 rings (SSSR count). The monoisotopic (exact) mass is 391 g/mol. The maximum absolute atomic E-state index is 13.1. The van der Waals surface area contributed by atoms with Gasteiger partial charge in [-0.25, -0.2) is 4.79 Å². The molecular weight excluding hydrogens is 370 g/mol. The summed E-state index contributed by atoms with van der Waals surface area (Å²) in [4.78, 5) is 17.2. The summed E-state index contributed by atoms with van der Waals surface area (Å²) in [5.74, 6) is 1.53. The van der Waals surface area contributed by atoms with Crippen LogP contribution in [0.4, 0.5) is 0 Å². The number of nitrogens with zero attached hydrogens (tertiary/aromatic N) is 1. The van der Waals surface area contributed by atoms with Crippen LogP contribution in [0.1, 0.15) is 41.0 Å². The molecule has 0 spiro atoms. The van der Waals surface area contributed by atoms with E-state index in [1.54, 1.807) is 18.5 Å². The van der Waals surface area contributed by atoms with Crippen LogP contribution in [-0.4, -0.2) is 10.5 Å². The Morgan fingerprint density at radius 3 is 2.46 bits per heavy atom. The number of benzene rings is 1. The van der Waals surface area contributed by atoms with Crippen molar-refractivity contribution in [1.29, 1.82) is 0 Å². The van der Waals surface area contributed by atoms with Crippen molar-refractivity contribution in [3.8, 4) is 28.2 Å². The normalized spacial score (nSPS) is 13.4. The van der Waals surface area contributed by atoms with Crippen LogP contribution in [0, 0.1) is 20.8 Å². The summed E-state index contributed by atoms with van der Waals surface area (Å²) >= 11 is 4.94. The first-order chi connectivity index (χ1) is 13.5. The quantitative estimate of drug-likeness (QED) is 0.537. The summed E-state index contributed by atoms with van der Waals surface area (Å²) in [6.07, 6.45) is 5.80. The maximum Gasteiger partial charge on any atom is 0.348 e. The predicted octanol–water partition coefficient (Wildman–Crippen LogP) is 5.51. The van der Waals surface area contributed by atoms with Gasteiger partial charge in [0.2, 0.25) is 0 Å². The van der Waals surface area contributed by atoms with Gasteiger partial charge in [-0.3, -0.25) is 4.98 Å². The van der Waals surface area contributed by atoms with Gasteiger partial charge in [-0.15, -0.1) is 0 Å². The third kappa shape index (κ3) is 3.27. The van der Waals surface area contributed by atoms with Crippen molar-refractivity contribution in [2.45, 2.75) is 39.5 Å². The molecule has 2 heterocycles. The van der Waals surface area contributed by atoms with E-state index in [-0.39, 0.29) is 0 Å². The molecule has 1 aromatic carbocycles. The van der Waals surface area contributed by atoms with Crippen LogP contribution in [0.15, 0.2) is 45.9 Å². The van der Waals surface area contributed by atoms with Crippen molar-refractivity contribution in [2.75, 3.05) is 0 Å². The fourth-order valence-electron chi connectivity index (χ4n) is 3.83. The van der Waals surface area contributed by atoms with Crippen LogP contribution in [0.2, 0.25) is 0 Å². The van der Waals surface area contributed by atoms with Gasteiger partial charge in [0.1, 0.15) is 17.1 Å². The van der Waals surface area contributed by atoms with Gasteiger partial charge in [-0.2, -0.15) is 0 Å². The average molecular weight is 391 g/mol. The molecule has 3 aromatic rings. The first-order valence-corrected chi connectivity index (χ1v) is 9.78. The van der Waals surface area contributed by atoms with Crippen molar-refractivity contribution in [3.05, 3.63) is 69.3 Å². The summed E-state index contributed by atoms with van der Waals surface area (Å²) in [7, 11) is 0. The molecule has 0 saturated heterocycles. The fraction of sp³-hybridized carbons (Fsp3) is 0.261. The minimum atomic E-state index is -0.443. The van der Waals surface area contributed by atoms with E-state index in [1.165, 1.54) is 24.0 Å². The van der Waals surface area contributed by atoms with E-state index in [0.29, 0.717) is 28.6 Å². The Morgan fingerprint density at radius 1 is 1.18 bits per heavy atom. The second-order valence-electron chi connectivity index (χ2n) is 7.31. The lowest BCUT2D eigenvalue weighted by Crippen LogP contribution is -2.11. The zero-order valence-corrected chi connectivity index (χ0v) is 16.9. The van der Waals surface area contributed by atoms with Gasteiger partial charge in [0.05, 0.1) is 0 Å². The van der Waals surface area contributed by atoms with Gasteiger partial charge in [-0.1, -0.05) is 12.1 Å². The molecule has 1 aliphatic carbocycles. The second-order valence-corrected chi connectivity index (χ2v) is 7.50. The van der Waals surface area contributed by atoms with E-state index in [4.69, 9.17) is 21.4 Å². The number of thiocarbonyl (C=S) groups is 1. The second kappa shape index (κ2) is 7.32. The molecule has 0 radical (unpaired) electrons. The average Bonchev–Trinajstić information content (AvgIpc) is 3.52. The van der Waals surface area contributed by atoms with E-state index >= 15 is 0 Å². The molecule has 142 valence electrons. The van der Waals surface area contributed by atoms with Crippen LogP contribution >= 0.6 is 12.2 Å². The Balaban J connectivity index is 1.96. The molecule has 28 heavy (non-hydrogen) atoms. The van der Waals surface area contributed by atoms with Crippen molar-refractivity contribution in [3.63, 3.8) is 0 Å². The molecule has 0 amide bonds. The van der Waals surface area contributed by atoms with Gasteiger partial charge < -0.3 is 9.15 Å². The van der Waals surface area contributed by atoms with Crippen molar-refractivity contribution in [2.24, 2.45) is 0 Å². The summed E-state index contributed by atoms with van der Waals surface area (Å²) in [5, 5.41) is 0. The number of rotatable bonds is 5. The standard InChI is InChI=1S/C23H21NO3S/c1-13-9-18(16-6-7-16)10-14(2)19(13)20-22(26-12-28)15(3)21(27-23(20)25)17-5-4-8-24-11-17/h4-5,8-12,16H,6-7H2,1-3H3. The number of aryl methyl sites for hydroxylation is 2. The summed E-state index contributed by atoms with van der Waals surface area (Å²) in [6, 6.07) is 7.99. The lowest BCUT2D eigenvalue weighted by atomic mass is 9.91. The Morgan fingerprint density at radius 2 is 1.89 bits per heavy atom. The Labute approximate surface area is 169 Å². The number of aromatic nitrogens is 1. The topological polar surface area (TPSA) is 52.3 Å². The minimum Gasteiger partial charge on any atom is -0.452 e. The van der Waals surface area contributed by atoms with E-state index in [0.717, 1.165) is 22.3 Å². The molecule has 0 N–H and O–H groups in total. The van der Waals surface area contributed by atoms with Crippen molar-refractivity contribution < 1.29 is 9.15 Å². The first kappa shape index (κ1) is 18.6. The lowest BCUT2D eigenvalue weighted by Gasteiger charge is -2.17. The predicted molar refractivity (Wildman–Crippen MR) is 114 cm³/mol. The highest BCUT2D eigenvalue weighted by molar-refractivity contribution is 7.78. The largest absolute Gasteiger partial charge is 0.452 e. The highest BCUT2D eigenvalue weighted by Gasteiger charge is 2.27. The Kier molecular flexibility index (Phi) is 4.85. The summed E-state index contributed by atoms with van der Waals surface area (Å²) < 4.78 is 11.4. The van der Waals surface area contributed by atoms with Crippen LogP contribution < -0.4 is 10.4 Å². The number of hydrogen-bond acceptors (Lipinski definition) is 5.